The summed E-state index contributed by atoms with van der Waals surface area (Å²) in [5.74, 6) is 0.969. The van der Waals surface area contributed by atoms with E-state index in [0.29, 0.717) is 19.0 Å². The van der Waals surface area contributed by atoms with Crippen LogP contribution in [0.25, 0.3) is 11.3 Å². The van der Waals surface area contributed by atoms with Crippen LogP contribution in [0.15, 0.2) is 34.9 Å². The van der Waals surface area contributed by atoms with Crippen molar-refractivity contribution >= 4 is 5.91 Å². The highest BCUT2D eigenvalue weighted by atomic mass is 16.5. The Bertz CT molecular complexity index is 823. The molecule has 0 unspecified atom stereocenters. The largest absolute Gasteiger partial charge is 0.361 e. The number of benzene rings is 1. The van der Waals surface area contributed by atoms with Gasteiger partial charge in [0, 0.05) is 37.2 Å². The highest BCUT2D eigenvalue weighted by molar-refractivity contribution is 5.83. The van der Waals surface area contributed by atoms with Crippen LogP contribution < -0.4 is 5.32 Å². The van der Waals surface area contributed by atoms with Crippen molar-refractivity contribution in [2.75, 3.05) is 19.6 Å². The van der Waals surface area contributed by atoms with E-state index in [0.717, 1.165) is 42.9 Å². The molecule has 0 radical (unpaired) electrons. The first-order valence-electron chi connectivity index (χ1n) is 11.1. The SMILES string of the molecule is CCNC(=O)[C@@]1(Cc2cc(-c3ccc(C)cc3)no2)CCCN(C2CCCC2)C1. The number of aryl methyl sites for hydroxylation is 1. The zero-order valence-corrected chi connectivity index (χ0v) is 17.7. The first-order chi connectivity index (χ1) is 14.1. The number of aromatic nitrogens is 1. The third-order valence-electron chi connectivity index (χ3n) is 6.69. The molecule has 2 heterocycles. The third-order valence-corrected chi connectivity index (χ3v) is 6.69. The van der Waals surface area contributed by atoms with E-state index in [4.69, 9.17) is 4.52 Å². The van der Waals surface area contributed by atoms with Crippen molar-refractivity contribution in [1.29, 1.82) is 0 Å². The molecule has 0 bridgehead atoms. The summed E-state index contributed by atoms with van der Waals surface area (Å²) in [6.45, 7) is 6.66. The van der Waals surface area contributed by atoms with Gasteiger partial charge >= 0.3 is 0 Å². The summed E-state index contributed by atoms with van der Waals surface area (Å²) in [6.07, 6.45) is 7.75. The fourth-order valence-electron chi connectivity index (χ4n) is 5.10. The normalized spacial score (nSPS) is 23.4. The van der Waals surface area contributed by atoms with E-state index in [1.807, 2.05) is 13.0 Å². The topological polar surface area (TPSA) is 58.4 Å². The highest BCUT2D eigenvalue weighted by Crippen LogP contribution is 2.38. The van der Waals surface area contributed by atoms with Crippen LogP contribution >= 0.6 is 0 Å². The molecule has 5 nitrogen and oxygen atoms in total. The highest BCUT2D eigenvalue weighted by Gasteiger charge is 2.44. The van der Waals surface area contributed by atoms with E-state index in [2.05, 4.69) is 46.6 Å². The lowest BCUT2D eigenvalue weighted by Gasteiger charge is -2.43. The number of likely N-dealkylation sites (tertiary alicyclic amines) is 1. The second-order valence-corrected chi connectivity index (χ2v) is 8.87. The second-order valence-electron chi connectivity index (χ2n) is 8.87. The first-order valence-corrected chi connectivity index (χ1v) is 11.1. The summed E-state index contributed by atoms with van der Waals surface area (Å²) in [5.41, 5.74) is 2.69. The van der Waals surface area contributed by atoms with E-state index in [9.17, 15) is 4.79 Å². The molecule has 0 spiro atoms. The average Bonchev–Trinajstić information content (AvgIpc) is 3.41. The molecule has 2 aromatic rings. The lowest BCUT2D eigenvalue weighted by atomic mass is 9.75. The summed E-state index contributed by atoms with van der Waals surface area (Å²) in [4.78, 5) is 15.8. The second kappa shape index (κ2) is 8.70. The maximum atomic E-state index is 13.2. The lowest BCUT2D eigenvalue weighted by Crippen LogP contribution is -2.55. The van der Waals surface area contributed by atoms with Gasteiger partial charge in [-0.1, -0.05) is 47.8 Å². The number of rotatable bonds is 6. The molecule has 5 heteroatoms. The Hall–Kier alpha value is -2.14. The summed E-state index contributed by atoms with van der Waals surface area (Å²) < 4.78 is 5.72. The van der Waals surface area contributed by atoms with E-state index in [-0.39, 0.29) is 5.91 Å². The van der Waals surface area contributed by atoms with Gasteiger partial charge < -0.3 is 9.84 Å². The predicted octanol–water partition coefficient (Wildman–Crippen LogP) is 4.35. The molecule has 4 rings (SSSR count). The molecule has 2 aliphatic rings. The number of hydrogen-bond donors (Lipinski definition) is 1. The summed E-state index contributed by atoms with van der Waals surface area (Å²) in [5, 5.41) is 7.40. The summed E-state index contributed by atoms with van der Waals surface area (Å²) >= 11 is 0. The van der Waals surface area contributed by atoms with Gasteiger partial charge in [-0.2, -0.15) is 0 Å². The molecule has 1 aromatic carbocycles. The molecule has 2 fully saturated rings. The van der Waals surface area contributed by atoms with Crippen molar-refractivity contribution in [1.82, 2.24) is 15.4 Å². The summed E-state index contributed by atoms with van der Waals surface area (Å²) in [6, 6.07) is 11.0. The Balaban J connectivity index is 1.56. The smallest absolute Gasteiger partial charge is 0.227 e. The molecule has 1 atom stereocenters. The van der Waals surface area contributed by atoms with Gasteiger partial charge in [-0.15, -0.1) is 0 Å². The van der Waals surface area contributed by atoms with Crippen molar-refractivity contribution in [3.63, 3.8) is 0 Å². The minimum absolute atomic E-state index is 0.163. The molecule has 1 saturated carbocycles. The first kappa shape index (κ1) is 20.1. The fourth-order valence-corrected chi connectivity index (χ4v) is 5.10. The monoisotopic (exact) mass is 395 g/mol. The van der Waals surface area contributed by atoms with Gasteiger partial charge in [-0.05, 0) is 46.1 Å². The average molecular weight is 396 g/mol. The molecular formula is C24H33N3O2. The van der Waals surface area contributed by atoms with Gasteiger partial charge in [-0.3, -0.25) is 9.69 Å². The maximum Gasteiger partial charge on any atom is 0.227 e. The van der Waals surface area contributed by atoms with Crippen LogP contribution in [0.3, 0.4) is 0 Å². The number of carbonyl (C=O) groups is 1. The molecule has 1 N–H and O–H groups in total. The van der Waals surface area contributed by atoms with Gasteiger partial charge in [0.1, 0.15) is 11.5 Å². The minimum Gasteiger partial charge on any atom is -0.361 e. The minimum atomic E-state index is -0.430. The van der Waals surface area contributed by atoms with Crippen LogP contribution in [0.4, 0.5) is 0 Å². The predicted molar refractivity (Wildman–Crippen MR) is 115 cm³/mol. The van der Waals surface area contributed by atoms with Crippen LogP contribution in [0.2, 0.25) is 0 Å². The molecule has 29 heavy (non-hydrogen) atoms. The molecule has 1 saturated heterocycles. The number of carbonyl (C=O) groups excluding carboxylic acids is 1. The van der Waals surface area contributed by atoms with Crippen molar-refractivity contribution < 1.29 is 9.32 Å². The van der Waals surface area contributed by atoms with Crippen LogP contribution in [0.5, 0.6) is 0 Å². The molecule has 1 aliphatic carbocycles. The van der Waals surface area contributed by atoms with Gasteiger partial charge in [0.15, 0.2) is 0 Å². The molecular weight excluding hydrogens is 362 g/mol. The maximum absolute atomic E-state index is 13.2. The van der Waals surface area contributed by atoms with Crippen molar-refractivity contribution in [2.24, 2.45) is 5.41 Å². The molecule has 156 valence electrons. The number of nitrogens with zero attached hydrogens (tertiary/aromatic N) is 2. The Kier molecular flexibility index (Phi) is 6.04. The Morgan fingerprint density at radius 2 is 2.00 bits per heavy atom. The summed E-state index contributed by atoms with van der Waals surface area (Å²) in [7, 11) is 0. The van der Waals surface area contributed by atoms with E-state index in [1.54, 1.807) is 0 Å². The molecule has 1 aliphatic heterocycles. The fraction of sp³-hybridized carbons (Fsp3) is 0.583. The van der Waals surface area contributed by atoms with Crippen molar-refractivity contribution in [2.45, 2.75) is 64.8 Å². The van der Waals surface area contributed by atoms with E-state index in [1.165, 1.54) is 31.2 Å². The number of nitrogens with one attached hydrogen (secondary N) is 1. The van der Waals surface area contributed by atoms with E-state index >= 15 is 0 Å². The van der Waals surface area contributed by atoms with Gasteiger partial charge in [-0.25, -0.2) is 0 Å². The lowest BCUT2D eigenvalue weighted by molar-refractivity contribution is -0.135. The zero-order chi connectivity index (χ0) is 20.3. The van der Waals surface area contributed by atoms with Crippen LogP contribution in [0, 0.1) is 12.3 Å². The van der Waals surface area contributed by atoms with Crippen LogP contribution in [-0.2, 0) is 11.2 Å². The number of amides is 1. The van der Waals surface area contributed by atoms with Gasteiger partial charge in [0.25, 0.3) is 0 Å². The number of hydrogen-bond acceptors (Lipinski definition) is 4. The van der Waals surface area contributed by atoms with Gasteiger partial charge in [0.05, 0.1) is 5.41 Å². The van der Waals surface area contributed by atoms with Crippen molar-refractivity contribution in [3.05, 3.63) is 41.7 Å². The van der Waals surface area contributed by atoms with E-state index < -0.39 is 5.41 Å². The Morgan fingerprint density at radius 1 is 1.24 bits per heavy atom. The zero-order valence-electron chi connectivity index (χ0n) is 17.7. The standard InChI is InChI=1S/C24H33N3O2/c1-3-25-23(28)24(13-6-14-27(17-24)20-7-4-5-8-20)16-21-15-22(26-29-21)19-11-9-18(2)10-12-19/h9-12,15,20H,3-8,13-14,16-17H2,1-2H3,(H,25,28)/t24-/m1/s1. The van der Waals surface area contributed by atoms with Crippen LogP contribution in [-0.4, -0.2) is 41.6 Å². The quantitative estimate of drug-likeness (QED) is 0.790. The molecule has 1 amide bonds. The van der Waals surface area contributed by atoms with Crippen molar-refractivity contribution in [3.8, 4) is 11.3 Å². The van der Waals surface area contributed by atoms with Gasteiger partial charge in [0.2, 0.25) is 5.91 Å². The molecule has 1 aromatic heterocycles. The Morgan fingerprint density at radius 3 is 2.72 bits per heavy atom. The third kappa shape index (κ3) is 4.40. The van der Waals surface area contributed by atoms with Crippen LogP contribution in [0.1, 0.15) is 56.8 Å². The Labute approximate surface area is 173 Å². The number of piperidine rings is 1.